The van der Waals surface area contributed by atoms with Crippen molar-refractivity contribution in [3.8, 4) is 79.5 Å². The van der Waals surface area contributed by atoms with Gasteiger partial charge < -0.3 is 69.0 Å². The van der Waals surface area contributed by atoms with E-state index in [1.54, 1.807) is 83.5 Å². The summed E-state index contributed by atoms with van der Waals surface area (Å²) < 4.78 is 51.9. The highest BCUT2D eigenvalue weighted by Crippen LogP contribution is 2.35. The van der Waals surface area contributed by atoms with Crippen molar-refractivity contribution in [2.75, 3.05) is 150 Å². The third kappa shape index (κ3) is 18.9. The van der Waals surface area contributed by atoms with E-state index in [1.165, 1.54) is 36.9 Å². The molecule has 0 bridgehead atoms. The van der Waals surface area contributed by atoms with Crippen LogP contribution in [0.3, 0.4) is 0 Å². The molecule has 0 radical (unpaired) electrons. The topological polar surface area (TPSA) is 301 Å². The van der Waals surface area contributed by atoms with Gasteiger partial charge in [0.05, 0.1) is 82.5 Å². The molecule has 8 aromatic heterocycles. The van der Waals surface area contributed by atoms with Gasteiger partial charge in [-0.2, -0.15) is 5.48 Å². The van der Waals surface area contributed by atoms with Crippen LogP contribution in [0.4, 0.5) is 27.1 Å². The summed E-state index contributed by atoms with van der Waals surface area (Å²) >= 11 is 0. The molecule has 12 heterocycles. The summed E-state index contributed by atoms with van der Waals surface area (Å²) in [5.41, 5.74) is 12.8. The van der Waals surface area contributed by atoms with Crippen LogP contribution in [0.15, 0.2) is 190 Å². The number of halogens is 1. The molecule has 598 valence electrons. The standard InChI is InChI=1S/C23H28N4O3.C22H25N3O3.C21H23FN4O2.C19H21N5O3.H2O/c1-15(2)24-17-9-10-26(13-17)18-6-8-22-25-19(12-23(28)27(22)14-18)16-5-7-20(29-3)21(11-16)30-4;1-24-10-8-15(9-11-24)17-5-7-21-23-18(13-22(26)25(21)14-17)16-4-6-19(27-2)20(12-16)28-3;1-24-8-3-9-25(11-10-24)16-5-7-20-23-18(13-21(27)26(20)14-16)15-4-6-19(28-2)17(22)12-15;1-27-17-4-2-13(10-16(17)22-26)15-11-19(25)24-12-14(3-5-18(24)21-15)23-8-6-20-7-9-23;/h5-8,11-12,14-15,17,24H,9-10,13H2,1-4H3;4-7,12-15H,8-11H2,1-3H3;4-7,12-14H,3,8-11H2,1-2H3;2-5,10-12,20,22,26H,6-9H2,1H3;1H2/p+1/t17-;;;;/m0..../s1. The van der Waals surface area contributed by atoms with Gasteiger partial charge in [-0.15, -0.1) is 0 Å². The van der Waals surface area contributed by atoms with E-state index in [4.69, 9.17) is 38.4 Å². The number of benzene rings is 4. The van der Waals surface area contributed by atoms with Crippen molar-refractivity contribution in [3.63, 3.8) is 0 Å². The smallest absolute Gasteiger partial charge is 0.258 e. The minimum Gasteiger partial charge on any atom is -0.494 e. The van der Waals surface area contributed by atoms with Crippen LogP contribution in [-0.2, 0) is 0 Å². The molecule has 4 aromatic carbocycles. The van der Waals surface area contributed by atoms with Gasteiger partial charge in [0.1, 0.15) is 22.6 Å². The van der Waals surface area contributed by atoms with Gasteiger partial charge in [0.25, 0.3) is 22.2 Å². The molecule has 0 saturated carbocycles. The van der Waals surface area contributed by atoms with E-state index >= 15 is 0 Å². The number of hydrogen-bond acceptors (Lipinski definition) is 22. The first-order chi connectivity index (χ1) is 54.8. The third-order valence-corrected chi connectivity index (χ3v) is 21.0. The average Bonchev–Trinajstić information content (AvgIpc) is 1.72. The van der Waals surface area contributed by atoms with E-state index < -0.39 is 5.82 Å². The molecule has 4 saturated heterocycles. The lowest BCUT2D eigenvalue weighted by Crippen LogP contribution is -2.73. The molecule has 16 rings (SSSR count). The number of fused-ring (bicyclic) bond motifs is 4. The monoisotopic (exact) mass is 1560 g/mol. The lowest BCUT2D eigenvalue weighted by molar-refractivity contribution is -0.825. The van der Waals surface area contributed by atoms with Crippen LogP contribution in [0.5, 0.6) is 34.5 Å². The molecule has 4 aliphatic heterocycles. The number of nitrogens with zero attached hydrogens (tertiary/aromatic N) is 13. The van der Waals surface area contributed by atoms with Gasteiger partial charge in [-0.05, 0) is 180 Å². The first-order valence-corrected chi connectivity index (χ1v) is 38.0. The summed E-state index contributed by atoms with van der Waals surface area (Å²) in [5, 5.41) is 16.3. The Kier molecular flexibility index (Phi) is 26.7. The number of aromatic nitrogens is 8. The molecule has 0 spiro atoms. The fraction of sp³-hybridized carbons (Fsp3) is 0.341. The maximum absolute atomic E-state index is 14.0. The Labute approximate surface area is 659 Å². The number of methoxy groups -OCH3 is 6. The zero-order chi connectivity index (χ0) is 79.4. The summed E-state index contributed by atoms with van der Waals surface area (Å²) in [6.07, 6.45) is 12.0. The van der Waals surface area contributed by atoms with Crippen LogP contribution in [0.1, 0.15) is 51.0 Å². The first-order valence-electron chi connectivity index (χ1n) is 38.0. The number of piperazine rings is 1. The number of likely N-dealkylation sites (N-methyl/N-ethyl adjacent to an activating group) is 1. The maximum atomic E-state index is 14.0. The highest BCUT2D eigenvalue weighted by atomic mass is 19.1. The van der Waals surface area contributed by atoms with Gasteiger partial charge >= 0.3 is 0 Å². The van der Waals surface area contributed by atoms with Gasteiger partial charge in [0.2, 0.25) is 5.69 Å². The number of anilines is 3. The minimum atomic E-state index is -0.483. The summed E-state index contributed by atoms with van der Waals surface area (Å²) in [5.74, 6) is 3.23. The van der Waals surface area contributed by atoms with Crippen molar-refractivity contribution in [2.24, 2.45) is 0 Å². The Balaban J connectivity index is 0.000000140. The summed E-state index contributed by atoms with van der Waals surface area (Å²) in [6, 6.07) is 43.7. The molecule has 29 heteroatoms. The molecule has 0 unspecified atom stereocenters. The van der Waals surface area contributed by atoms with Crippen molar-refractivity contribution in [2.45, 2.75) is 57.5 Å². The molecule has 28 nitrogen and oxygen atoms in total. The van der Waals surface area contributed by atoms with Crippen LogP contribution in [0.25, 0.3) is 67.6 Å². The van der Waals surface area contributed by atoms with Gasteiger partial charge in [-0.1, -0.05) is 19.9 Å². The van der Waals surface area contributed by atoms with E-state index in [-0.39, 0.29) is 33.5 Å². The maximum Gasteiger partial charge on any atom is 0.258 e. The second-order valence-corrected chi connectivity index (χ2v) is 28.7. The second kappa shape index (κ2) is 37.2. The van der Waals surface area contributed by atoms with Gasteiger partial charge in [-0.25, -0.2) is 29.5 Å². The zero-order valence-corrected chi connectivity index (χ0v) is 66.0. The SMILES string of the molecule is COc1ccc(-c2cc(=O)n3cc(C4CCN(C)CC4)ccc3n2)cc1OC.COc1ccc(-c2cc(=O)n3cc(N4CCCN(C)CC4)ccc3n2)cc1F.COc1ccc(-c2cc(=O)n3cc(N4CCNCC4)ccc3n2)cc1[NH2+]O.COc1ccc(-c2cc(=O)n3cc(N4CC[C@H](NC(C)C)C4)ccc3n2)cc1OC.O. The Morgan fingerprint density at radius 3 is 1.31 bits per heavy atom. The number of hydrogen-bond donors (Lipinski definition) is 4. The lowest BCUT2D eigenvalue weighted by Gasteiger charge is -2.29. The van der Waals surface area contributed by atoms with E-state index in [9.17, 15) is 28.8 Å². The van der Waals surface area contributed by atoms with Crippen molar-refractivity contribution in [1.29, 1.82) is 0 Å². The van der Waals surface area contributed by atoms with Gasteiger partial charge in [0.15, 0.2) is 40.3 Å². The Morgan fingerprint density at radius 1 is 0.439 bits per heavy atom. The number of piperidine rings is 1. The Bertz CT molecular complexity index is 5630. The van der Waals surface area contributed by atoms with Crippen molar-refractivity contribution in [3.05, 3.63) is 223 Å². The lowest BCUT2D eigenvalue weighted by atomic mass is 9.91. The van der Waals surface area contributed by atoms with Crippen LogP contribution in [0, 0.1) is 5.82 Å². The largest absolute Gasteiger partial charge is 0.494 e. The van der Waals surface area contributed by atoms with E-state index in [0.29, 0.717) is 103 Å². The molecule has 0 amide bonds. The molecule has 12 aromatic rings. The summed E-state index contributed by atoms with van der Waals surface area (Å²) in [7, 11) is 13.6. The molecule has 7 N–H and O–H groups in total. The second-order valence-electron chi connectivity index (χ2n) is 28.7. The highest BCUT2D eigenvalue weighted by molar-refractivity contribution is 5.70. The number of rotatable bonds is 17. The predicted octanol–water partition coefficient (Wildman–Crippen LogP) is 8.33. The van der Waals surface area contributed by atoms with Crippen molar-refractivity contribution < 1.29 is 49.0 Å². The predicted molar refractivity (Wildman–Crippen MR) is 442 cm³/mol. The van der Waals surface area contributed by atoms with Gasteiger partial charge in [-0.3, -0.25) is 36.8 Å². The Morgan fingerprint density at radius 2 is 0.851 bits per heavy atom. The van der Waals surface area contributed by atoms with Crippen molar-refractivity contribution >= 4 is 45.3 Å². The third-order valence-electron chi connectivity index (χ3n) is 21.0. The molecule has 4 fully saturated rings. The molecule has 0 aliphatic carbocycles. The number of nitrogens with one attached hydrogen (secondary N) is 2. The molecule has 114 heavy (non-hydrogen) atoms. The number of quaternary nitrogens is 1. The molecular formula is C85H100FN16O12+. The van der Waals surface area contributed by atoms with Crippen LogP contribution in [-0.4, -0.2) is 205 Å². The molecular weight excluding hydrogens is 1460 g/mol. The average molecular weight is 1560 g/mol. The molecule has 4 aliphatic rings. The number of pyridine rings is 4. The van der Waals surface area contributed by atoms with Crippen molar-refractivity contribution in [1.82, 2.24) is 58.0 Å². The number of nitrogens with two attached hydrogens (primary N) is 1. The zero-order valence-electron chi connectivity index (χ0n) is 66.0. The van der Waals surface area contributed by atoms with E-state index in [0.717, 1.165) is 143 Å². The fourth-order valence-corrected chi connectivity index (χ4v) is 14.8. The van der Waals surface area contributed by atoms with E-state index in [2.05, 4.69) is 79.1 Å². The molecule has 1 atom stereocenters. The van der Waals surface area contributed by atoms with E-state index in [1.807, 2.05) is 110 Å². The first kappa shape index (κ1) is 81.7. The quantitative estimate of drug-likeness (QED) is 0.0492. The van der Waals surface area contributed by atoms with Crippen LogP contribution < -0.4 is 81.5 Å². The number of likely N-dealkylation sites (tertiary alicyclic amines) is 1. The Hall–Kier alpha value is -11.8. The number of ether oxygens (including phenoxy) is 6. The van der Waals surface area contributed by atoms with Crippen LogP contribution >= 0.6 is 0 Å². The summed E-state index contributed by atoms with van der Waals surface area (Å²) in [6.45, 7) is 16.1. The van der Waals surface area contributed by atoms with Crippen LogP contribution in [0.2, 0.25) is 0 Å². The van der Waals surface area contributed by atoms with Gasteiger partial charge in [0, 0.05) is 148 Å². The normalized spacial score (nSPS) is 15.4. The highest BCUT2D eigenvalue weighted by Gasteiger charge is 2.25. The summed E-state index contributed by atoms with van der Waals surface area (Å²) in [4.78, 5) is 81.1. The fourth-order valence-electron chi connectivity index (χ4n) is 14.8. The minimum absolute atomic E-state index is 0.